The number of esters is 2. The zero-order valence-corrected chi connectivity index (χ0v) is 64.1. The van der Waals surface area contributed by atoms with Crippen molar-refractivity contribution in [2.45, 2.75) is 93.1 Å². The van der Waals surface area contributed by atoms with Gasteiger partial charge >= 0.3 is 570 Å². The number of carbonyl (C=O) groups is 3. The van der Waals surface area contributed by atoms with E-state index in [1.807, 2.05) is 0 Å². The first-order chi connectivity index (χ1) is 45.1. The maximum Gasteiger partial charge on any atom is 1.00 e. The molecule has 0 amide bonds. The molecule has 35 heteroatoms. The normalized spacial score (nSPS) is 16.4. The molecule has 3 aliphatic rings. The van der Waals surface area contributed by atoms with Crippen LogP contribution in [-0.4, -0.2) is 72.7 Å². The number of cyclic esters (lactones) is 1. The quantitative estimate of drug-likeness (QED) is 0.0203. The van der Waals surface area contributed by atoms with Gasteiger partial charge in [0.15, 0.2) is 0 Å². The molecule has 0 unspecified atom stereocenters. The number of ether oxygens (including phenoxy) is 4. The molecule has 0 bridgehead atoms. The van der Waals surface area contributed by atoms with E-state index >= 15 is 26.3 Å². The summed E-state index contributed by atoms with van der Waals surface area (Å²) in [6.07, 6.45) is -10.1. The first-order valence-corrected chi connectivity index (χ1v) is 44.1. The topological polar surface area (TPSA) is 241 Å². The van der Waals surface area contributed by atoms with Crippen molar-refractivity contribution in [1.29, 1.82) is 0 Å². The monoisotopic (exact) mass is 1820 g/mol. The molecule has 8 aromatic rings. The summed E-state index contributed by atoms with van der Waals surface area (Å²) in [6.45, 7) is 9.66. The van der Waals surface area contributed by atoms with Crippen molar-refractivity contribution < 1.29 is 158 Å². The second-order valence-electron chi connectivity index (χ2n) is 21.9. The van der Waals surface area contributed by atoms with E-state index in [0.29, 0.717) is 0 Å². The Balaban J connectivity index is 0.000000264. The number of benzene rings is 8. The molecule has 0 atom stereocenters. The van der Waals surface area contributed by atoms with Crippen molar-refractivity contribution in [3.8, 4) is 11.5 Å². The van der Waals surface area contributed by atoms with Gasteiger partial charge in [0.1, 0.15) is 4.90 Å². The summed E-state index contributed by atoms with van der Waals surface area (Å²) in [5, 5.41) is 0. The largest absolute Gasteiger partial charge is 1.00 e. The smallest absolute Gasteiger partial charge is 1.00 e. The summed E-state index contributed by atoms with van der Waals surface area (Å²) >= 11 is -11.1. The third kappa shape index (κ3) is 19.2. The Kier molecular flexibility index (Phi) is 28.5. The number of hydrogen-bond acceptors (Lipinski definition) is 17. The Morgan fingerprint density at radius 3 is 1.53 bits per heavy atom. The molecule has 0 N–H and O–H groups in total. The van der Waals surface area contributed by atoms with Gasteiger partial charge in [-0.15, -0.1) is 0 Å². The van der Waals surface area contributed by atoms with Gasteiger partial charge in [0.05, 0.1) is 5.56 Å². The third-order valence-electron chi connectivity index (χ3n) is 13.7. The van der Waals surface area contributed by atoms with Crippen molar-refractivity contribution in [1.82, 2.24) is 0 Å². The SMILES string of the molecule is CC(C)(OC(=O)c1ccccc1S(=O)(=O)[O-])c1ccccc1I(Cl)C(F)(F)C(F)(F)Oc1ccccc1.CC1(C)OC(=O)c2ccccc2S(=O)(=O)OI(C(F)(F)C(F)(F)Oc2ccccc2)c2ccccc21.CI1OC(C)(C)c2ccccc21.O=C1OS(=O)(=O)c2ccccc21.[Cl-].[Li+].[Li+]. The van der Waals surface area contributed by atoms with Crippen molar-refractivity contribution in [2.75, 3.05) is 4.93 Å². The summed E-state index contributed by atoms with van der Waals surface area (Å²) in [5.41, 5.74) is -3.11. The maximum atomic E-state index is 15.7. The molecule has 11 rings (SSSR count). The van der Waals surface area contributed by atoms with Crippen LogP contribution in [0, 0.1) is 10.7 Å². The minimum Gasteiger partial charge on any atom is -1.00 e. The van der Waals surface area contributed by atoms with Gasteiger partial charge in [-0.05, 0) is 12.1 Å². The van der Waals surface area contributed by atoms with E-state index in [9.17, 15) is 53.0 Å². The van der Waals surface area contributed by atoms with Crippen LogP contribution in [0.1, 0.15) is 89.3 Å². The van der Waals surface area contributed by atoms with Crippen LogP contribution < -0.4 is 59.6 Å². The molecule has 0 aromatic heterocycles. The molecule has 0 fully saturated rings. The molecule has 0 saturated heterocycles. The second kappa shape index (κ2) is 33.3. The van der Waals surface area contributed by atoms with Crippen LogP contribution in [0.4, 0.5) is 35.1 Å². The average molecular weight is 1820 g/mol. The fourth-order valence-electron chi connectivity index (χ4n) is 9.21. The van der Waals surface area contributed by atoms with Gasteiger partial charge in [-0.25, -0.2) is 4.79 Å². The predicted octanol–water partition coefficient (Wildman–Crippen LogP) is 7.86. The Bertz CT molecular complexity index is 4620. The van der Waals surface area contributed by atoms with E-state index < -0.39 is 175 Å². The minimum atomic E-state index is -5.24. The fourth-order valence-corrected chi connectivity index (χ4v) is 27.7. The van der Waals surface area contributed by atoms with Crippen LogP contribution >= 0.6 is 68.1 Å². The standard InChI is InChI=1S/C24H20ClF4IO6S.C24H19F4IO6S.C10H13IO.C7H4O4S.ClH.2Li/c1-22(2,36-21(31)17-12-6-9-15-20(17)37(32,33)34)18-13-7-8-14-19(18)30(25)23(26,27)24(28,29)35-16-10-4-3-5-11-16;1-22(2)18-13-7-8-14-19(18)29(23(25,26)24(27,28)33-16-10-4-3-5-11-16)35-36(31,32)20-15-9-6-12-17(20)21(30)34-22;1-10(2)8-6-4-5-7-9(8)11(3)12-10;8-7-5-3-1-2-4-6(5)12(9,10)11-7;;;/h3-15H,1-2H3,(H,32,33,34);3-15H,1-2H3;4-7H,1-3H3;1-4H;1H;;/q;;;;;2*+1/p-2. The molecule has 3 aliphatic heterocycles. The molecule has 0 saturated carbocycles. The van der Waals surface area contributed by atoms with E-state index in [-0.39, 0.29) is 80.9 Å². The van der Waals surface area contributed by atoms with Crippen molar-refractivity contribution in [2.24, 2.45) is 0 Å². The van der Waals surface area contributed by atoms with Gasteiger partial charge in [-0.1, -0.05) is 12.1 Å². The fraction of sp³-hybridized carbons (Fsp3) is 0.215. The van der Waals surface area contributed by atoms with Crippen molar-refractivity contribution in [3.63, 3.8) is 0 Å². The van der Waals surface area contributed by atoms with Gasteiger partial charge in [0.2, 0.25) is 0 Å². The van der Waals surface area contributed by atoms with Gasteiger partial charge < -0.3 is 16.6 Å². The van der Waals surface area contributed by atoms with E-state index in [1.54, 1.807) is 12.1 Å². The number of halogens is 13. The second-order valence-corrected chi connectivity index (χ2v) is 41.0. The number of carbonyl (C=O) groups excluding carboxylic acids is 3. The molecule has 17 nitrogen and oxygen atoms in total. The predicted molar refractivity (Wildman–Crippen MR) is 362 cm³/mol. The van der Waals surface area contributed by atoms with Crippen LogP contribution in [0.5, 0.6) is 11.5 Å². The van der Waals surface area contributed by atoms with Gasteiger partial charge in [-0.3, -0.25) is 0 Å². The molecule has 0 aliphatic carbocycles. The number of rotatable bonds is 13. The first-order valence-electron chi connectivity index (χ1n) is 27.8. The molecule has 0 radical (unpaired) electrons. The summed E-state index contributed by atoms with van der Waals surface area (Å²) in [7, 11) is -7.88. The minimum absolute atomic E-state index is 0. The van der Waals surface area contributed by atoms with Crippen molar-refractivity contribution in [3.05, 3.63) is 250 Å². The number of fused-ring (bicyclic) bond motifs is 4. The summed E-state index contributed by atoms with van der Waals surface area (Å²) < 4.78 is 230. The van der Waals surface area contributed by atoms with Crippen LogP contribution in [-0.2, 0) is 66.4 Å². The molecule has 3 heterocycles. The molecule has 0 spiro atoms. The Hall–Kier alpha value is -5.10. The zero-order valence-electron chi connectivity index (χ0n) is 53.7. The Morgan fingerprint density at radius 1 is 0.570 bits per heavy atom. The zero-order chi connectivity index (χ0) is 71.5. The molecule has 100 heavy (non-hydrogen) atoms. The van der Waals surface area contributed by atoms with Crippen LogP contribution in [0.3, 0.4) is 0 Å². The van der Waals surface area contributed by atoms with E-state index in [4.69, 9.17) is 24.0 Å². The average Bonchev–Trinajstić information content (AvgIpc) is 1.10. The van der Waals surface area contributed by atoms with E-state index in [0.717, 1.165) is 60.7 Å². The van der Waals surface area contributed by atoms with Crippen LogP contribution in [0.2, 0.25) is 0 Å². The van der Waals surface area contributed by atoms with Gasteiger partial charge in [0.25, 0.3) is 0 Å². The number of alkyl halides is 11. The van der Waals surface area contributed by atoms with E-state index in [1.165, 1.54) is 146 Å². The summed E-state index contributed by atoms with van der Waals surface area (Å²) in [4.78, 5) is 37.2. The van der Waals surface area contributed by atoms with Gasteiger partial charge in [0, 0.05) is 0 Å². The van der Waals surface area contributed by atoms with Crippen molar-refractivity contribution >= 4 is 116 Å². The Labute approximate surface area is 627 Å². The van der Waals surface area contributed by atoms with Crippen LogP contribution in [0.25, 0.3) is 0 Å². The Morgan fingerprint density at radius 2 is 1.00 bits per heavy atom. The first kappa shape index (κ1) is 85.6. The summed E-state index contributed by atoms with van der Waals surface area (Å²) in [5.74, 6) is -4.12. The molecule has 8 aromatic carbocycles. The number of para-hydroxylation sites is 2. The summed E-state index contributed by atoms with van der Waals surface area (Å²) in [6, 6.07) is 46.4. The third-order valence-corrected chi connectivity index (χ3v) is 33.8. The van der Waals surface area contributed by atoms with E-state index in [2.05, 4.69) is 56.7 Å². The number of hydrogen-bond donors (Lipinski definition) is 0. The molecule has 528 valence electrons. The maximum absolute atomic E-state index is 15.7. The van der Waals surface area contributed by atoms with Crippen LogP contribution in [0.15, 0.2) is 221 Å². The molecular weight excluding hydrogens is 1770 g/mol. The molecular formula is C65H55Cl2F8I3Li2O17S3. The van der Waals surface area contributed by atoms with Gasteiger partial charge in [-0.2, -0.15) is 8.42 Å².